The van der Waals surface area contributed by atoms with E-state index in [1.807, 2.05) is 24.3 Å². The molecule has 0 aromatic heterocycles. The Kier molecular flexibility index (Phi) is 4.59. The van der Waals surface area contributed by atoms with E-state index >= 15 is 0 Å². The molecule has 1 fully saturated rings. The second kappa shape index (κ2) is 6.68. The third kappa shape index (κ3) is 3.15. The molecule has 1 atom stereocenters. The highest BCUT2D eigenvalue weighted by Gasteiger charge is 2.49. The molecule has 0 aliphatic carbocycles. The van der Waals surface area contributed by atoms with Gasteiger partial charge in [-0.05, 0) is 30.7 Å². The fraction of sp³-hybridized carbons (Fsp3) is 0.167. The van der Waals surface area contributed by atoms with Crippen molar-refractivity contribution in [3.8, 4) is 5.75 Å². The number of carbonyl (C=O) groups is 2. The number of ether oxygens (including phenoxy) is 1. The van der Waals surface area contributed by atoms with E-state index in [0.717, 1.165) is 15.0 Å². The summed E-state index contributed by atoms with van der Waals surface area (Å²) in [7, 11) is 1.57. The van der Waals surface area contributed by atoms with Gasteiger partial charge in [0.1, 0.15) is 11.3 Å². The summed E-state index contributed by atoms with van der Waals surface area (Å²) in [5, 5.41) is 7.62. The number of hydrogen-bond donors (Lipinski definition) is 1. The molecule has 1 heterocycles. The highest BCUT2D eigenvalue weighted by atomic mass is 79.9. The van der Waals surface area contributed by atoms with Crippen LogP contribution < -0.4 is 10.1 Å². The fourth-order valence-corrected chi connectivity index (χ4v) is 2.94. The van der Waals surface area contributed by atoms with Crippen molar-refractivity contribution in [2.24, 2.45) is 5.10 Å². The number of nitrogens with zero attached hydrogens (tertiary/aromatic N) is 2. The maximum absolute atomic E-state index is 12.8. The molecular weight excluding hydrogens is 386 g/mol. The molecule has 1 unspecified atom stereocenters. The van der Waals surface area contributed by atoms with Gasteiger partial charge in [-0.1, -0.05) is 46.3 Å². The number of imide groups is 1. The van der Waals surface area contributed by atoms with Crippen molar-refractivity contribution >= 4 is 34.1 Å². The lowest BCUT2D eigenvalue weighted by Crippen LogP contribution is -2.40. The molecule has 3 amide bonds. The van der Waals surface area contributed by atoms with Crippen LogP contribution >= 0.6 is 15.9 Å². The van der Waals surface area contributed by atoms with Crippen LogP contribution in [0.25, 0.3) is 0 Å². The summed E-state index contributed by atoms with van der Waals surface area (Å²) in [4.78, 5) is 25.0. The average molecular weight is 402 g/mol. The van der Waals surface area contributed by atoms with Crippen LogP contribution in [0.3, 0.4) is 0 Å². The molecule has 0 saturated carbocycles. The Morgan fingerprint density at radius 3 is 2.48 bits per heavy atom. The Morgan fingerprint density at radius 2 is 1.84 bits per heavy atom. The van der Waals surface area contributed by atoms with Gasteiger partial charge in [0.05, 0.1) is 13.3 Å². The Bertz CT molecular complexity index is 851. The molecule has 6 nitrogen and oxygen atoms in total. The summed E-state index contributed by atoms with van der Waals surface area (Å²) in [6.45, 7) is 1.66. The van der Waals surface area contributed by atoms with Gasteiger partial charge in [-0.25, -0.2) is 4.79 Å². The number of halogens is 1. The van der Waals surface area contributed by atoms with Crippen LogP contribution in [0.2, 0.25) is 0 Å². The summed E-state index contributed by atoms with van der Waals surface area (Å²) in [5.74, 6) is 0.235. The van der Waals surface area contributed by atoms with Crippen molar-refractivity contribution in [2.75, 3.05) is 7.11 Å². The van der Waals surface area contributed by atoms with Crippen LogP contribution in [0, 0.1) is 0 Å². The van der Waals surface area contributed by atoms with E-state index in [-0.39, 0.29) is 0 Å². The van der Waals surface area contributed by atoms with Gasteiger partial charge in [-0.15, -0.1) is 5.01 Å². The zero-order valence-electron chi connectivity index (χ0n) is 13.7. The van der Waals surface area contributed by atoms with Crippen LogP contribution in [0.4, 0.5) is 4.79 Å². The highest BCUT2D eigenvalue weighted by molar-refractivity contribution is 9.10. The standard InChI is InChI=1S/C18H16BrN3O3/c1-18(13-7-9-14(25-2)10-8-13)16(23)22(17(24)21-18)20-11-12-5-3-4-6-15(12)19/h3-11H,1-2H3,(H,21,24)/b20-11+. The maximum Gasteiger partial charge on any atom is 0.346 e. The summed E-state index contributed by atoms with van der Waals surface area (Å²) in [5.41, 5.74) is 0.251. The van der Waals surface area contributed by atoms with E-state index in [1.54, 1.807) is 38.3 Å². The highest BCUT2D eigenvalue weighted by Crippen LogP contribution is 2.30. The number of rotatable bonds is 4. The predicted octanol–water partition coefficient (Wildman–Crippen LogP) is 3.26. The normalized spacial score (nSPS) is 20.2. The van der Waals surface area contributed by atoms with Gasteiger partial charge in [0, 0.05) is 10.0 Å². The number of carbonyl (C=O) groups excluding carboxylic acids is 2. The lowest BCUT2D eigenvalue weighted by Gasteiger charge is -2.21. The van der Waals surface area contributed by atoms with Gasteiger partial charge in [0.2, 0.25) is 0 Å². The van der Waals surface area contributed by atoms with Gasteiger partial charge < -0.3 is 10.1 Å². The number of amides is 3. The van der Waals surface area contributed by atoms with Crippen LogP contribution in [0.15, 0.2) is 58.1 Å². The van der Waals surface area contributed by atoms with E-state index in [2.05, 4.69) is 26.3 Å². The van der Waals surface area contributed by atoms with Crippen LogP contribution in [0.1, 0.15) is 18.1 Å². The molecular formula is C18H16BrN3O3. The van der Waals surface area contributed by atoms with Crippen LogP contribution in [0.5, 0.6) is 5.75 Å². The Hall–Kier alpha value is -2.67. The number of hydrogen-bond acceptors (Lipinski definition) is 4. The van der Waals surface area contributed by atoms with E-state index in [1.165, 1.54) is 6.21 Å². The zero-order valence-corrected chi connectivity index (χ0v) is 15.3. The number of methoxy groups -OCH3 is 1. The molecule has 128 valence electrons. The lowest BCUT2D eigenvalue weighted by atomic mass is 9.92. The largest absolute Gasteiger partial charge is 0.497 e. The van der Waals surface area contributed by atoms with E-state index in [0.29, 0.717) is 11.3 Å². The van der Waals surface area contributed by atoms with E-state index in [9.17, 15) is 9.59 Å². The molecule has 0 radical (unpaired) electrons. The third-order valence-electron chi connectivity index (χ3n) is 4.05. The molecule has 1 aliphatic rings. The Labute approximate surface area is 153 Å². The number of benzene rings is 2. The van der Waals surface area contributed by atoms with E-state index < -0.39 is 17.5 Å². The predicted molar refractivity (Wildman–Crippen MR) is 97.5 cm³/mol. The first-order chi connectivity index (χ1) is 12.0. The molecule has 1 N–H and O–H groups in total. The quantitative estimate of drug-likeness (QED) is 0.631. The topological polar surface area (TPSA) is 71.0 Å². The first-order valence-electron chi connectivity index (χ1n) is 7.55. The summed E-state index contributed by atoms with van der Waals surface area (Å²) < 4.78 is 5.94. The third-order valence-corrected chi connectivity index (χ3v) is 4.78. The Morgan fingerprint density at radius 1 is 1.16 bits per heavy atom. The van der Waals surface area contributed by atoms with Gasteiger partial charge in [0.15, 0.2) is 0 Å². The summed E-state index contributed by atoms with van der Waals surface area (Å²) >= 11 is 3.40. The number of urea groups is 1. The smallest absolute Gasteiger partial charge is 0.346 e. The average Bonchev–Trinajstić information content (AvgIpc) is 2.84. The van der Waals surface area contributed by atoms with Crippen molar-refractivity contribution in [2.45, 2.75) is 12.5 Å². The molecule has 3 rings (SSSR count). The summed E-state index contributed by atoms with van der Waals surface area (Å²) in [6, 6.07) is 13.8. The maximum atomic E-state index is 12.8. The molecule has 25 heavy (non-hydrogen) atoms. The number of nitrogens with one attached hydrogen (secondary N) is 1. The minimum Gasteiger partial charge on any atom is -0.497 e. The van der Waals surface area contributed by atoms with Crippen molar-refractivity contribution in [3.05, 3.63) is 64.1 Å². The first kappa shape index (κ1) is 17.2. The first-order valence-corrected chi connectivity index (χ1v) is 8.35. The van der Waals surface area contributed by atoms with Gasteiger partial charge >= 0.3 is 6.03 Å². The van der Waals surface area contributed by atoms with Gasteiger partial charge in [-0.2, -0.15) is 5.10 Å². The van der Waals surface area contributed by atoms with Crippen LogP contribution in [-0.2, 0) is 10.3 Å². The van der Waals surface area contributed by atoms with Crippen LogP contribution in [-0.4, -0.2) is 30.3 Å². The SMILES string of the molecule is COc1ccc(C2(C)NC(=O)N(/N=C/c3ccccc3Br)C2=O)cc1. The van der Waals surface area contributed by atoms with Crippen molar-refractivity contribution in [1.82, 2.24) is 10.3 Å². The van der Waals surface area contributed by atoms with Gasteiger partial charge in [-0.3, -0.25) is 4.79 Å². The minimum absolute atomic E-state index is 0.439. The van der Waals surface area contributed by atoms with Gasteiger partial charge in [0.25, 0.3) is 5.91 Å². The Balaban J connectivity index is 1.87. The zero-order chi connectivity index (χ0) is 18.0. The van der Waals surface area contributed by atoms with Crippen molar-refractivity contribution < 1.29 is 14.3 Å². The molecule has 0 bridgehead atoms. The molecule has 0 spiro atoms. The molecule has 1 saturated heterocycles. The molecule has 1 aliphatic heterocycles. The second-order valence-electron chi connectivity index (χ2n) is 5.67. The second-order valence-corrected chi connectivity index (χ2v) is 6.52. The van der Waals surface area contributed by atoms with Crippen molar-refractivity contribution in [3.63, 3.8) is 0 Å². The fourth-order valence-electron chi connectivity index (χ4n) is 2.55. The summed E-state index contributed by atoms with van der Waals surface area (Å²) in [6.07, 6.45) is 1.47. The lowest BCUT2D eigenvalue weighted by molar-refractivity contribution is -0.131. The monoisotopic (exact) mass is 401 g/mol. The number of hydrazone groups is 1. The van der Waals surface area contributed by atoms with E-state index in [4.69, 9.17) is 4.74 Å². The molecule has 2 aromatic carbocycles. The molecule has 7 heteroatoms. The minimum atomic E-state index is -1.17. The molecule has 2 aromatic rings. The van der Waals surface area contributed by atoms with Crippen molar-refractivity contribution in [1.29, 1.82) is 0 Å².